The molecule has 0 bridgehead atoms. The lowest BCUT2D eigenvalue weighted by molar-refractivity contribution is 0.758. The second kappa shape index (κ2) is 5.81. The number of benzene rings is 1. The van der Waals surface area contributed by atoms with Gasteiger partial charge in [-0.2, -0.15) is 0 Å². The molecule has 4 heteroatoms. The molecule has 2 rings (SSSR count). The molecule has 1 heterocycles. The molecule has 1 aromatic heterocycles. The van der Waals surface area contributed by atoms with Gasteiger partial charge in [-0.1, -0.05) is 61.3 Å². The lowest BCUT2D eigenvalue weighted by atomic mass is 10.0. The monoisotopic (exact) mass is 295 g/mol. The van der Waals surface area contributed by atoms with Crippen LogP contribution in [0, 0.1) is 0 Å². The third kappa shape index (κ3) is 3.40. The van der Waals surface area contributed by atoms with Gasteiger partial charge in [-0.25, -0.2) is 0 Å². The maximum atomic E-state index is 11.9. The first-order valence-electron chi connectivity index (χ1n) is 6.11. The van der Waals surface area contributed by atoms with Crippen molar-refractivity contribution >= 4 is 23.2 Å². The lowest BCUT2D eigenvalue weighted by Crippen LogP contribution is -2.20. The molecule has 0 fully saturated rings. The quantitative estimate of drug-likeness (QED) is 0.826. The first-order chi connectivity index (χ1) is 8.97. The third-order valence-corrected chi connectivity index (χ3v) is 3.49. The number of pyridine rings is 1. The van der Waals surface area contributed by atoms with Gasteiger partial charge in [0.15, 0.2) is 0 Å². The van der Waals surface area contributed by atoms with Crippen molar-refractivity contribution in [3.63, 3.8) is 0 Å². The number of nitrogens with zero attached hydrogens (tertiary/aromatic N) is 1. The summed E-state index contributed by atoms with van der Waals surface area (Å²) in [6, 6.07) is 9.67. The fourth-order valence-corrected chi connectivity index (χ4v) is 2.40. The molecule has 0 spiro atoms. The van der Waals surface area contributed by atoms with Crippen LogP contribution >= 0.6 is 23.2 Å². The largest absolute Gasteiger partial charge is 0.308 e. The van der Waals surface area contributed by atoms with Crippen molar-refractivity contribution in [2.45, 2.75) is 26.3 Å². The van der Waals surface area contributed by atoms with Crippen LogP contribution in [0.2, 0.25) is 10.0 Å². The van der Waals surface area contributed by atoms with E-state index in [2.05, 4.69) is 26.0 Å². The van der Waals surface area contributed by atoms with Gasteiger partial charge in [0, 0.05) is 6.20 Å². The van der Waals surface area contributed by atoms with Crippen molar-refractivity contribution in [3.8, 4) is 0 Å². The van der Waals surface area contributed by atoms with Crippen LogP contribution in [-0.4, -0.2) is 4.57 Å². The Morgan fingerprint density at radius 2 is 1.79 bits per heavy atom. The van der Waals surface area contributed by atoms with Gasteiger partial charge in [-0.15, -0.1) is 0 Å². The van der Waals surface area contributed by atoms with E-state index < -0.39 is 0 Å². The summed E-state index contributed by atoms with van der Waals surface area (Å²) in [6.45, 7) is 4.77. The minimum atomic E-state index is -0.223. The Hall–Kier alpha value is -1.25. The maximum absolute atomic E-state index is 11.9. The zero-order chi connectivity index (χ0) is 14.0. The van der Waals surface area contributed by atoms with Gasteiger partial charge in [-0.05, 0) is 23.1 Å². The van der Waals surface area contributed by atoms with E-state index in [9.17, 15) is 4.79 Å². The third-order valence-electron chi connectivity index (χ3n) is 3.01. The number of rotatable bonds is 3. The topological polar surface area (TPSA) is 22.0 Å². The number of hydrogen-bond acceptors (Lipinski definition) is 1. The molecule has 0 atom stereocenters. The molecule has 0 amide bonds. The summed E-state index contributed by atoms with van der Waals surface area (Å²) < 4.78 is 1.52. The zero-order valence-electron chi connectivity index (χ0n) is 10.9. The van der Waals surface area contributed by atoms with Crippen molar-refractivity contribution in [2.24, 2.45) is 0 Å². The highest BCUT2D eigenvalue weighted by atomic mass is 35.5. The van der Waals surface area contributed by atoms with Crippen molar-refractivity contribution in [1.29, 1.82) is 0 Å². The van der Waals surface area contributed by atoms with Crippen LogP contribution in [0.5, 0.6) is 0 Å². The van der Waals surface area contributed by atoms with E-state index >= 15 is 0 Å². The van der Waals surface area contributed by atoms with Crippen molar-refractivity contribution < 1.29 is 0 Å². The van der Waals surface area contributed by atoms with Gasteiger partial charge >= 0.3 is 0 Å². The predicted octanol–water partition coefficient (Wildman–Crippen LogP) is 4.33. The lowest BCUT2D eigenvalue weighted by Gasteiger charge is -2.09. The van der Waals surface area contributed by atoms with E-state index in [0.29, 0.717) is 17.5 Å². The molecule has 0 saturated heterocycles. The molecule has 0 radical (unpaired) electrons. The maximum Gasteiger partial charge on any atom is 0.269 e. The number of hydrogen-bond donors (Lipinski definition) is 0. The fourth-order valence-electron chi connectivity index (χ4n) is 1.89. The fraction of sp³-hybridized carbons (Fsp3) is 0.267. The summed E-state index contributed by atoms with van der Waals surface area (Å²) in [5.74, 6) is 0.498. The summed E-state index contributed by atoms with van der Waals surface area (Å²) >= 11 is 11.7. The molecule has 0 saturated carbocycles. The van der Waals surface area contributed by atoms with Gasteiger partial charge in [-0.3, -0.25) is 4.79 Å². The number of aromatic nitrogens is 1. The van der Waals surface area contributed by atoms with E-state index in [1.54, 1.807) is 6.20 Å². The zero-order valence-corrected chi connectivity index (χ0v) is 12.4. The molecule has 0 aliphatic carbocycles. The summed E-state index contributed by atoms with van der Waals surface area (Å²) in [6.07, 6.45) is 1.60. The molecule has 2 nitrogen and oxygen atoms in total. The first kappa shape index (κ1) is 14.2. The smallest absolute Gasteiger partial charge is 0.269 e. The van der Waals surface area contributed by atoms with E-state index in [1.165, 1.54) is 16.2 Å². The molecule has 100 valence electrons. The first-order valence-corrected chi connectivity index (χ1v) is 6.87. The molecule has 2 aromatic rings. The normalized spacial score (nSPS) is 11.0. The summed E-state index contributed by atoms with van der Waals surface area (Å²) in [4.78, 5) is 11.9. The highest BCUT2D eigenvalue weighted by Crippen LogP contribution is 2.16. The molecule has 0 unspecified atom stereocenters. The highest BCUT2D eigenvalue weighted by molar-refractivity contribution is 6.34. The van der Waals surface area contributed by atoms with E-state index in [-0.39, 0.29) is 10.6 Å². The molecule has 0 aliphatic rings. The van der Waals surface area contributed by atoms with Gasteiger partial charge in [0.1, 0.15) is 5.02 Å². The van der Waals surface area contributed by atoms with Crippen LogP contribution in [0.4, 0.5) is 0 Å². The predicted molar refractivity (Wildman–Crippen MR) is 80.4 cm³/mol. The summed E-state index contributed by atoms with van der Waals surface area (Å²) in [7, 11) is 0. The van der Waals surface area contributed by atoms with Crippen molar-refractivity contribution in [3.05, 3.63) is 68.1 Å². The standard InChI is InChI=1S/C15H15Cl2NO/c1-10(2)12-5-3-11(4-6-12)8-18-9-13(16)7-14(17)15(18)19/h3-7,9-10H,8H2,1-2H3. The Bertz CT molecular complexity index is 630. The van der Waals surface area contributed by atoms with Crippen molar-refractivity contribution in [2.75, 3.05) is 0 Å². The minimum Gasteiger partial charge on any atom is -0.308 e. The molecule has 0 N–H and O–H groups in total. The molecular formula is C15H15Cl2NO. The van der Waals surface area contributed by atoms with Crippen molar-refractivity contribution in [1.82, 2.24) is 4.57 Å². The van der Waals surface area contributed by atoms with Gasteiger partial charge in [0.05, 0.1) is 11.6 Å². The Kier molecular flexibility index (Phi) is 4.33. The molecule has 0 aliphatic heterocycles. The SMILES string of the molecule is CC(C)c1ccc(Cn2cc(Cl)cc(Cl)c2=O)cc1. The van der Waals surface area contributed by atoms with Gasteiger partial charge in [0.2, 0.25) is 0 Å². The Labute approximate surface area is 122 Å². The molecule has 19 heavy (non-hydrogen) atoms. The average Bonchev–Trinajstić information content (AvgIpc) is 2.36. The highest BCUT2D eigenvalue weighted by Gasteiger charge is 2.05. The molecule has 1 aromatic carbocycles. The van der Waals surface area contributed by atoms with E-state index in [1.807, 2.05) is 12.1 Å². The Balaban J connectivity index is 2.29. The number of halogens is 2. The minimum absolute atomic E-state index is 0.145. The van der Waals surface area contributed by atoms with Crippen LogP contribution in [-0.2, 0) is 6.54 Å². The average molecular weight is 296 g/mol. The second-order valence-electron chi connectivity index (χ2n) is 4.84. The van der Waals surface area contributed by atoms with Gasteiger partial charge < -0.3 is 4.57 Å². The Morgan fingerprint density at radius 1 is 1.16 bits per heavy atom. The van der Waals surface area contributed by atoms with E-state index in [4.69, 9.17) is 23.2 Å². The van der Waals surface area contributed by atoms with Crippen LogP contribution in [0.1, 0.15) is 30.9 Å². The second-order valence-corrected chi connectivity index (χ2v) is 5.68. The van der Waals surface area contributed by atoms with Crippen LogP contribution < -0.4 is 5.56 Å². The Morgan fingerprint density at radius 3 is 2.37 bits per heavy atom. The summed E-state index contributed by atoms with van der Waals surface area (Å²) in [5.41, 5.74) is 2.10. The summed E-state index contributed by atoms with van der Waals surface area (Å²) in [5, 5.41) is 0.606. The van der Waals surface area contributed by atoms with Gasteiger partial charge in [0.25, 0.3) is 5.56 Å². The molecular weight excluding hydrogens is 281 g/mol. The van der Waals surface area contributed by atoms with E-state index in [0.717, 1.165) is 5.56 Å². The van der Waals surface area contributed by atoms with Crippen LogP contribution in [0.15, 0.2) is 41.3 Å². The van der Waals surface area contributed by atoms with Crippen LogP contribution in [0.3, 0.4) is 0 Å². The van der Waals surface area contributed by atoms with Crippen LogP contribution in [0.25, 0.3) is 0 Å².